The molecule has 0 fully saturated rings. The SMILES string of the molecule is Cc1cc(=O)c(C(=O)NCC#Cc2cccc(C(F)(F)F)c2)nn1-c1ccccc1F. The van der Waals surface area contributed by atoms with Crippen molar-refractivity contribution in [3.05, 3.63) is 93.2 Å². The number of aryl methyl sites for hydroxylation is 1. The highest BCUT2D eigenvalue weighted by molar-refractivity contribution is 5.92. The van der Waals surface area contributed by atoms with E-state index < -0.39 is 34.6 Å². The van der Waals surface area contributed by atoms with Gasteiger partial charge in [-0.05, 0) is 37.3 Å². The number of aromatic nitrogens is 2. The van der Waals surface area contributed by atoms with Gasteiger partial charge in [0.25, 0.3) is 5.91 Å². The van der Waals surface area contributed by atoms with Gasteiger partial charge >= 0.3 is 6.18 Å². The quantitative estimate of drug-likeness (QED) is 0.512. The standard InChI is InChI=1S/C22H15F4N3O2/c1-14-12-19(30)20(28-29(14)18-10-3-2-9-17(18)23)21(31)27-11-5-7-15-6-4-8-16(13-15)22(24,25)26/h2-4,6,8-10,12-13H,11H2,1H3,(H,27,31). The molecule has 9 heteroatoms. The van der Waals surface area contributed by atoms with E-state index in [1.54, 1.807) is 13.0 Å². The van der Waals surface area contributed by atoms with Crippen molar-refractivity contribution in [1.82, 2.24) is 15.1 Å². The average molecular weight is 429 g/mol. The van der Waals surface area contributed by atoms with Crippen LogP contribution in [0.4, 0.5) is 17.6 Å². The summed E-state index contributed by atoms with van der Waals surface area (Å²) in [4.78, 5) is 24.5. The van der Waals surface area contributed by atoms with Crippen molar-refractivity contribution in [3.8, 4) is 17.5 Å². The minimum atomic E-state index is -4.48. The first-order valence-corrected chi connectivity index (χ1v) is 8.97. The van der Waals surface area contributed by atoms with Gasteiger partial charge in [0, 0.05) is 17.3 Å². The van der Waals surface area contributed by atoms with E-state index in [2.05, 4.69) is 22.3 Å². The van der Waals surface area contributed by atoms with Crippen LogP contribution in [0, 0.1) is 24.6 Å². The van der Waals surface area contributed by atoms with Crippen LogP contribution in [0.1, 0.15) is 27.3 Å². The first kappa shape index (κ1) is 21.8. The Kier molecular flexibility index (Phi) is 6.20. The van der Waals surface area contributed by atoms with Crippen molar-refractivity contribution in [2.24, 2.45) is 0 Å². The van der Waals surface area contributed by atoms with Gasteiger partial charge in [-0.2, -0.15) is 18.3 Å². The van der Waals surface area contributed by atoms with Crippen molar-refractivity contribution >= 4 is 5.91 Å². The Bertz CT molecular complexity index is 1250. The minimum Gasteiger partial charge on any atom is -0.340 e. The molecule has 0 spiro atoms. The minimum absolute atomic E-state index is 0.0680. The lowest BCUT2D eigenvalue weighted by Crippen LogP contribution is -2.32. The molecule has 3 aromatic rings. The van der Waals surface area contributed by atoms with E-state index in [9.17, 15) is 27.2 Å². The van der Waals surface area contributed by atoms with Gasteiger partial charge in [0.2, 0.25) is 5.43 Å². The highest BCUT2D eigenvalue weighted by atomic mass is 19.4. The Hall–Kier alpha value is -3.93. The van der Waals surface area contributed by atoms with E-state index in [0.29, 0.717) is 5.69 Å². The summed E-state index contributed by atoms with van der Waals surface area (Å²) in [7, 11) is 0. The molecule has 0 saturated heterocycles. The summed E-state index contributed by atoms with van der Waals surface area (Å²) in [5.41, 5.74) is -1.43. The summed E-state index contributed by atoms with van der Waals surface area (Å²) < 4.78 is 53.4. The molecule has 1 N–H and O–H groups in total. The van der Waals surface area contributed by atoms with E-state index >= 15 is 0 Å². The molecular formula is C22H15F4N3O2. The van der Waals surface area contributed by atoms with Crippen LogP contribution in [-0.4, -0.2) is 22.2 Å². The molecule has 0 saturated carbocycles. The Labute approximate surface area is 174 Å². The second kappa shape index (κ2) is 8.83. The third-order valence-electron chi connectivity index (χ3n) is 4.16. The topological polar surface area (TPSA) is 64.0 Å². The maximum absolute atomic E-state index is 14.1. The fourth-order valence-electron chi connectivity index (χ4n) is 2.70. The first-order valence-electron chi connectivity index (χ1n) is 8.97. The van der Waals surface area contributed by atoms with Gasteiger partial charge in [-0.3, -0.25) is 9.59 Å². The smallest absolute Gasteiger partial charge is 0.340 e. The molecule has 5 nitrogen and oxygen atoms in total. The van der Waals surface area contributed by atoms with Gasteiger partial charge in [-0.25, -0.2) is 9.07 Å². The summed E-state index contributed by atoms with van der Waals surface area (Å²) in [6.07, 6.45) is -4.48. The molecule has 158 valence electrons. The Morgan fingerprint density at radius 1 is 1.13 bits per heavy atom. The molecule has 2 aromatic carbocycles. The van der Waals surface area contributed by atoms with Crippen LogP contribution in [0.2, 0.25) is 0 Å². The van der Waals surface area contributed by atoms with Crippen LogP contribution < -0.4 is 10.7 Å². The molecule has 31 heavy (non-hydrogen) atoms. The Morgan fingerprint density at radius 2 is 1.87 bits per heavy atom. The molecule has 1 amide bonds. The largest absolute Gasteiger partial charge is 0.416 e. The maximum Gasteiger partial charge on any atom is 0.416 e. The zero-order chi connectivity index (χ0) is 22.6. The molecular weight excluding hydrogens is 414 g/mol. The predicted molar refractivity (Wildman–Crippen MR) is 105 cm³/mol. The zero-order valence-corrected chi connectivity index (χ0v) is 16.1. The molecule has 3 rings (SSSR count). The lowest BCUT2D eigenvalue weighted by molar-refractivity contribution is -0.137. The van der Waals surface area contributed by atoms with Crippen molar-refractivity contribution in [2.75, 3.05) is 6.54 Å². The molecule has 0 aliphatic heterocycles. The monoisotopic (exact) mass is 429 g/mol. The van der Waals surface area contributed by atoms with Crippen LogP contribution in [0.25, 0.3) is 5.69 Å². The number of alkyl halides is 3. The summed E-state index contributed by atoms with van der Waals surface area (Å²) in [6, 6.07) is 11.3. The number of para-hydroxylation sites is 1. The number of carbonyl (C=O) groups excluding carboxylic acids is 1. The number of amides is 1. The number of halogens is 4. The van der Waals surface area contributed by atoms with Crippen LogP contribution in [-0.2, 0) is 6.18 Å². The number of carbonyl (C=O) groups is 1. The van der Waals surface area contributed by atoms with E-state index in [0.717, 1.165) is 22.9 Å². The highest BCUT2D eigenvalue weighted by Gasteiger charge is 2.30. The van der Waals surface area contributed by atoms with Crippen LogP contribution >= 0.6 is 0 Å². The van der Waals surface area contributed by atoms with E-state index in [-0.39, 0.29) is 17.8 Å². The van der Waals surface area contributed by atoms with Gasteiger partial charge in [-0.1, -0.05) is 30.0 Å². The molecule has 1 heterocycles. The van der Waals surface area contributed by atoms with Crippen molar-refractivity contribution in [1.29, 1.82) is 0 Å². The molecule has 0 atom stereocenters. The van der Waals surface area contributed by atoms with Crippen molar-refractivity contribution < 1.29 is 22.4 Å². The van der Waals surface area contributed by atoms with E-state index in [1.807, 2.05) is 0 Å². The Morgan fingerprint density at radius 3 is 2.58 bits per heavy atom. The van der Waals surface area contributed by atoms with Crippen molar-refractivity contribution in [3.63, 3.8) is 0 Å². The third kappa shape index (κ3) is 5.17. The number of hydrogen-bond donors (Lipinski definition) is 1. The van der Waals surface area contributed by atoms with Gasteiger partial charge in [-0.15, -0.1) is 0 Å². The lowest BCUT2D eigenvalue weighted by atomic mass is 10.1. The first-order chi connectivity index (χ1) is 14.7. The number of benzene rings is 2. The van der Waals surface area contributed by atoms with E-state index in [4.69, 9.17) is 0 Å². The van der Waals surface area contributed by atoms with Crippen molar-refractivity contribution in [2.45, 2.75) is 13.1 Å². The van der Waals surface area contributed by atoms with E-state index in [1.165, 1.54) is 30.3 Å². The molecule has 0 unspecified atom stereocenters. The molecule has 0 radical (unpaired) electrons. The summed E-state index contributed by atoms with van der Waals surface area (Å²) in [5, 5.41) is 6.32. The van der Waals surface area contributed by atoms with Crippen LogP contribution in [0.5, 0.6) is 0 Å². The van der Waals surface area contributed by atoms with Crippen LogP contribution in [0.15, 0.2) is 59.4 Å². The second-order valence-electron chi connectivity index (χ2n) is 6.42. The molecule has 0 bridgehead atoms. The molecule has 0 aliphatic carbocycles. The van der Waals surface area contributed by atoms with Gasteiger partial charge < -0.3 is 5.32 Å². The number of hydrogen-bond acceptors (Lipinski definition) is 3. The zero-order valence-electron chi connectivity index (χ0n) is 16.1. The summed E-state index contributed by atoms with van der Waals surface area (Å²) in [5.74, 6) is 3.61. The summed E-state index contributed by atoms with van der Waals surface area (Å²) >= 11 is 0. The average Bonchev–Trinajstić information content (AvgIpc) is 2.71. The van der Waals surface area contributed by atoms with Gasteiger partial charge in [0.15, 0.2) is 5.69 Å². The molecule has 0 aliphatic rings. The van der Waals surface area contributed by atoms with Gasteiger partial charge in [0.05, 0.1) is 12.1 Å². The predicted octanol–water partition coefficient (Wildman–Crippen LogP) is 3.48. The second-order valence-corrected chi connectivity index (χ2v) is 6.42. The normalized spacial score (nSPS) is 10.9. The lowest BCUT2D eigenvalue weighted by Gasteiger charge is -2.11. The fraction of sp³-hybridized carbons (Fsp3) is 0.136. The fourth-order valence-corrected chi connectivity index (χ4v) is 2.70. The Balaban J connectivity index is 1.77. The number of rotatable bonds is 3. The summed E-state index contributed by atoms with van der Waals surface area (Å²) in [6.45, 7) is 1.31. The third-order valence-corrected chi connectivity index (χ3v) is 4.16. The van der Waals surface area contributed by atoms with Gasteiger partial charge in [0.1, 0.15) is 11.5 Å². The maximum atomic E-state index is 14.1. The number of nitrogens with zero attached hydrogens (tertiary/aromatic N) is 2. The number of nitrogens with one attached hydrogen (secondary N) is 1. The highest BCUT2D eigenvalue weighted by Crippen LogP contribution is 2.29. The molecule has 1 aromatic heterocycles. The van der Waals surface area contributed by atoms with Crippen LogP contribution in [0.3, 0.4) is 0 Å².